The third kappa shape index (κ3) is 6.26. The summed E-state index contributed by atoms with van der Waals surface area (Å²) in [6, 6.07) is -1.43. The molecule has 2 heterocycles. The highest BCUT2D eigenvalue weighted by Gasteiger charge is 2.41. The number of nitrogens with one attached hydrogen (secondary N) is 1. The van der Waals surface area contributed by atoms with Crippen molar-refractivity contribution in [2.24, 2.45) is 10.9 Å². The number of nitrogens with zero attached hydrogens (tertiary/aromatic N) is 4. The van der Waals surface area contributed by atoms with Crippen LogP contribution in [0.5, 0.6) is 0 Å². The quantitative estimate of drug-likeness (QED) is 0.586. The van der Waals surface area contributed by atoms with Gasteiger partial charge in [-0.1, -0.05) is 6.92 Å². The fourth-order valence-corrected chi connectivity index (χ4v) is 3.72. The van der Waals surface area contributed by atoms with Crippen molar-refractivity contribution in [2.45, 2.75) is 45.3 Å². The number of halogens is 3. The first-order chi connectivity index (χ1) is 12.7. The number of hydrogen-bond donors (Lipinski definition) is 1. The van der Waals surface area contributed by atoms with Gasteiger partial charge in [-0.15, -0.1) is 0 Å². The maximum Gasteiger partial charge on any atom is 0.403 e. The monoisotopic (exact) mass is 391 g/mol. The molecule has 2 aliphatic heterocycles. The molecule has 0 aliphatic carbocycles. The standard InChI is InChI=1S/C18H32F3N5O/c1-14-5-4-8-26(13-14)16(27)6-7-23-17(22-3)25-11-9-24(10-12-25)15(2)18(19,20)21/h14-15H,4-13H2,1-3H3,(H,22,23). The first-order valence-corrected chi connectivity index (χ1v) is 9.76. The number of hydrogen-bond acceptors (Lipinski definition) is 3. The Morgan fingerprint density at radius 3 is 2.41 bits per heavy atom. The van der Waals surface area contributed by atoms with Gasteiger partial charge in [0.05, 0.1) is 0 Å². The van der Waals surface area contributed by atoms with Crippen molar-refractivity contribution < 1.29 is 18.0 Å². The van der Waals surface area contributed by atoms with Gasteiger partial charge in [-0.25, -0.2) is 0 Å². The Labute approximate surface area is 159 Å². The smallest absolute Gasteiger partial charge is 0.356 e. The number of guanidine groups is 1. The predicted molar refractivity (Wildman–Crippen MR) is 99.6 cm³/mol. The molecule has 0 aromatic heterocycles. The minimum absolute atomic E-state index is 0.147. The molecule has 1 N–H and O–H groups in total. The van der Waals surface area contributed by atoms with Gasteiger partial charge in [-0.05, 0) is 25.7 Å². The number of likely N-dealkylation sites (tertiary alicyclic amines) is 1. The molecule has 0 radical (unpaired) electrons. The Bertz CT molecular complexity index is 518. The molecule has 0 aromatic carbocycles. The van der Waals surface area contributed by atoms with Crippen LogP contribution >= 0.6 is 0 Å². The molecule has 156 valence electrons. The van der Waals surface area contributed by atoms with Crippen molar-refractivity contribution in [2.75, 3.05) is 52.9 Å². The van der Waals surface area contributed by atoms with Gasteiger partial charge < -0.3 is 15.1 Å². The van der Waals surface area contributed by atoms with Gasteiger partial charge in [-0.3, -0.25) is 14.7 Å². The molecule has 2 aliphatic rings. The first kappa shape index (κ1) is 21.8. The lowest BCUT2D eigenvalue weighted by Crippen LogP contribution is -2.57. The maximum atomic E-state index is 12.8. The van der Waals surface area contributed by atoms with E-state index in [0.717, 1.165) is 19.5 Å². The summed E-state index contributed by atoms with van der Waals surface area (Å²) in [5.41, 5.74) is 0. The van der Waals surface area contributed by atoms with Gasteiger partial charge in [-0.2, -0.15) is 13.2 Å². The van der Waals surface area contributed by atoms with Gasteiger partial charge in [0.1, 0.15) is 6.04 Å². The average Bonchev–Trinajstić information content (AvgIpc) is 2.64. The zero-order valence-electron chi connectivity index (χ0n) is 16.6. The third-order valence-corrected chi connectivity index (χ3v) is 5.48. The van der Waals surface area contributed by atoms with E-state index in [4.69, 9.17) is 0 Å². The van der Waals surface area contributed by atoms with Gasteiger partial charge in [0.2, 0.25) is 5.91 Å². The molecule has 2 fully saturated rings. The van der Waals surface area contributed by atoms with E-state index in [2.05, 4.69) is 17.2 Å². The summed E-state index contributed by atoms with van der Waals surface area (Å²) in [5, 5.41) is 3.18. The molecule has 0 aromatic rings. The van der Waals surface area contributed by atoms with Gasteiger partial charge in [0, 0.05) is 59.3 Å². The lowest BCUT2D eigenvalue weighted by atomic mass is 10.00. The fourth-order valence-electron chi connectivity index (χ4n) is 3.72. The van der Waals surface area contributed by atoms with Crippen LogP contribution in [0.2, 0.25) is 0 Å². The zero-order chi connectivity index (χ0) is 20.0. The van der Waals surface area contributed by atoms with Crippen molar-refractivity contribution in [3.05, 3.63) is 0 Å². The molecule has 2 saturated heterocycles. The zero-order valence-corrected chi connectivity index (χ0v) is 16.6. The number of carbonyl (C=O) groups is 1. The fraction of sp³-hybridized carbons (Fsp3) is 0.889. The summed E-state index contributed by atoms with van der Waals surface area (Å²) in [7, 11) is 1.65. The molecule has 2 unspecified atom stereocenters. The second-order valence-corrected chi connectivity index (χ2v) is 7.55. The minimum atomic E-state index is -4.20. The summed E-state index contributed by atoms with van der Waals surface area (Å²) < 4.78 is 38.5. The first-order valence-electron chi connectivity index (χ1n) is 9.76. The highest BCUT2D eigenvalue weighted by molar-refractivity contribution is 5.81. The van der Waals surface area contributed by atoms with Crippen LogP contribution in [-0.4, -0.2) is 91.6 Å². The van der Waals surface area contributed by atoms with E-state index in [-0.39, 0.29) is 5.91 Å². The Morgan fingerprint density at radius 1 is 1.19 bits per heavy atom. The molecular weight excluding hydrogens is 359 g/mol. The minimum Gasteiger partial charge on any atom is -0.356 e. The molecule has 9 heteroatoms. The highest BCUT2D eigenvalue weighted by atomic mass is 19.4. The molecule has 27 heavy (non-hydrogen) atoms. The SMILES string of the molecule is CN=C(NCCC(=O)N1CCCC(C)C1)N1CCN(C(C)C(F)(F)F)CC1. The maximum absolute atomic E-state index is 12.8. The number of piperidine rings is 1. The van der Waals surface area contributed by atoms with E-state index in [9.17, 15) is 18.0 Å². The topological polar surface area (TPSA) is 51.2 Å². The second kappa shape index (κ2) is 9.61. The van der Waals surface area contributed by atoms with Crippen molar-refractivity contribution in [1.82, 2.24) is 20.0 Å². The van der Waals surface area contributed by atoms with Crippen molar-refractivity contribution in [3.63, 3.8) is 0 Å². The van der Waals surface area contributed by atoms with E-state index in [1.54, 1.807) is 7.05 Å². The number of alkyl halides is 3. The number of rotatable bonds is 4. The Morgan fingerprint density at radius 2 is 1.85 bits per heavy atom. The third-order valence-electron chi connectivity index (χ3n) is 5.48. The van der Waals surface area contributed by atoms with Crippen LogP contribution in [0.1, 0.15) is 33.1 Å². The van der Waals surface area contributed by atoms with Gasteiger partial charge >= 0.3 is 6.18 Å². The molecule has 2 atom stereocenters. The van der Waals surface area contributed by atoms with Crippen LogP contribution in [0.15, 0.2) is 4.99 Å². The van der Waals surface area contributed by atoms with E-state index >= 15 is 0 Å². The largest absolute Gasteiger partial charge is 0.403 e. The molecular formula is C18H32F3N5O. The van der Waals surface area contributed by atoms with Crippen LogP contribution in [-0.2, 0) is 4.79 Å². The molecule has 0 bridgehead atoms. The number of aliphatic imine (C=N–C) groups is 1. The van der Waals surface area contributed by atoms with Gasteiger partial charge in [0.15, 0.2) is 5.96 Å². The van der Waals surface area contributed by atoms with Crippen molar-refractivity contribution >= 4 is 11.9 Å². The summed E-state index contributed by atoms with van der Waals surface area (Å²) in [5.74, 6) is 1.35. The number of piperazine rings is 1. The van der Waals surface area contributed by atoms with Crippen molar-refractivity contribution in [3.8, 4) is 0 Å². The van der Waals surface area contributed by atoms with Crippen LogP contribution in [0.25, 0.3) is 0 Å². The normalized spacial score (nSPS) is 24.1. The molecule has 2 rings (SSSR count). The number of carbonyl (C=O) groups excluding carboxylic acids is 1. The molecule has 0 spiro atoms. The highest BCUT2D eigenvalue weighted by Crippen LogP contribution is 2.25. The molecule has 0 saturated carbocycles. The molecule has 1 amide bonds. The van der Waals surface area contributed by atoms with Crippen LogP contribution < -0.4 is 5.32 Å². The van der Waals surface area contributed by atoms with E-state index in [0.29, 0.717) is 51.0 Å². The summed E-state index contributed by atoms with van der Waals surface area (Å²) >= 11 is 0. The molecule has 6 nitrogen and oxygen atoms in total. The Balaban J connectivity index is 1.74. The van der Waals surface area contributed by atoms with E-state index in [1.807, 2.05) is 9.80 Å². The average molecular weight is 391 g/mol. The Hall–Kier alpha value is -1.51. The Kier molecular flexibility index (Phi) is 7.76. The lowest BCUT2D eigenvalue weighted by Gasteiger charge is -2.39. The van der Waals surface area contributed by atoms with Crippen LogP contribution in [0.3, 0.4) is 0 Å². The van der Waals surface area contributed by atoms with E-state index < -0.39 is 12.2 Å². The van der Waals surface area contributed by atoms with E-state index in [1.165, 1.54) is 18.2 Å². The van der Waals surface area contributed by atoms with Crippen LogP contribution in [0, 0.1) is 5.92 Å². The summed E-state index contributed by atoms with van der Waals surface area (Å²) in [4.78, 5) is 21.9. The van der Waals surface area contributed by atoms with Crippen molar-refractivity contribution in [1.29, 1.82) is 0 Å². The van der Waals surface area contributed by atoms with Crippen LogP contribution in [0.4, 0.5) is 13.2 Å². The summed E-state index contributed by atoms with van der Waals surface area (Å²) in [6.07, 6.45) is -1.57. The summed E-state index contributed by atoms with van der Waals surface area (Å²) in [6.45, 7) is 7.15. The van der Waals surface area contributed by atoms with Gasteiger partial charge in [0.25, 0.3) is 0 Å². The number of amides is 1. The second-order valence-electron chi connectivity index (χ2n) is 7.55. The predicted octanol–water partition coefficient (Wildman–Crippen LogP) is 1.78. The lowest BCUT2D eigenvalue weighted by molar-refractivity contribution is -0.181.